The summed E-state index contributed by atoms with van der Waals surface area (Å²) in [5, 5.41) is 9.56. The second kappa shape index (κ2) is 5.73. The van der Waals surface area contributed by atoms with Gasteiger partial charge >= 0.3 is 5.97 Å². The highest BCUT2D eigenvalue weighted by Gasteiger charge is 2.24. The summed E-state index contributed by atoms with van der Waals surface area (Å²) < 4.78 is 1.85. The van der Waals surface area contributed by atoms with E-state index in [1.165, 1.54) is 6.20 Å². The fourth-order valence-electron chi connectivity index (χ4n) is 2.75. The van der Waals surface area contributed by atoms with Crippen molar-refractivity contribution in [2.45, 2.75) is 18.9 Å². The summed E-state index contributed by atoms with van der Waals surface area (Å²) in [4.78, 5) is 21.6. The predicted molar refractivity (Wildman–Crippen MR) is 78.9 cm³/mol. The van der Waals surface area contributed by atoms with Gasteiger partial charge in [-0.05, 0) is 25.0 Å². The van der Waals surface area contributed by atoms with Gasteiger partial charge in [0.25, 0.3) is 0 Å². The zero-order valence-corrected chi connectivity index (χ0v) is 12.1. The number of anilines is 1. The Balaban J connectivity index is 1.70. The molecule has 0 atom stereocenters. The highest BCUT2D eigenvalue weighted by Crippen LogP contribution is 2.27. The molecule has 0 amide bonds. The van der Waals surface area contributed by atoms with Crippen molar-refractivity contribution in [1.82, 2.24) is 14.5 Å². The van der Waals surface area contributed by atoms with E-state index in [0.29, 0.717) is 10.8 Å². The van der Waals surface area contributed by atoms with Crippen LogP contribution in [-0.2, 0) is 0 Å². The molecule has 2 aromatic heterocycles. The predicted octanol–water partition coefficient (Wildman–Crippen LogP) is 2.47. The first kappa shape index (κ1) is 13.9. The van der Waals surface area contributed by atoms with E-state index >= 15 is 0 Å². The molecule has 1 aliphatic rings. The number of halogens is 1. The topological polar surface area (TPSA) is 71.2 Å². The molecule has 110 valence electrons. The van der Waals surface area contributed by atoms with E-state index in [9.17, 15) is 9.90 Å². The summed E-state index contributed by atoms with van der Waals surface area (Å²) in [6, 6.07) is 3.62. The Morgan fingerprint density at radius 2 is 2.10 bits per heavy atom. The van der Waals surface area contributed by atoms with Crippen molar-refractivity contribution in [3.05, 3.63) is 41.6 Å². The molecule has 2 aromatic rings. The van der Waals surface area contributed by atoms with Gasteiger partial charge in [-0.1, -0.05) is 11.6 Å². The van der Waals surface area contributed by atoms with Crippen molar-refractivity contribution >= 4 is 23.4 Å². The van der Waals surface area contributed by atoms with Gasteiger partial charge in [0.1, 0.15) is 16.7 Å². The number of piperidine rings is 1. The Bertz CT molecular complexity index is 650. The van der Waals surface area contributed by atoms with E-state index in [-0.39, 0.29) is 6.04 Å². The van der Waals surface area contributed by atoms with Gasteiger partial charge in [-0.3, -0.25) is 4.98 Å². The molecule has 6 nitrogen and oxygen atoms in total. The average molecular weight is 307 g/mol. The maximum absolute atomic E-state index is 11.2. The lowest BCUT2D eigenvalue weighted by Gasteiger charge is -2.33. The molecule has 0 unspecified atom stereocenters. The van der Waals surface area contributed by atoms with Crippen molar-refractivity contribution in [3.8, 4) is 0 Å². The summed E-state index contributed by atoms with van der Waals surface area (Å²) in [5.41, 5.74) is 0.344. The largest absolute Gasteiger partial charge is 0.477 e. The molecule has 0 radical (unpaired) electrons. The number of aromatic nitrogens is 3. The Kier molecular flexibility index (Phi) is 3.79. The Morgan fingerprint density at radius 1 is 1.33 bits per heavy atom. The minimum Gasteiger partial charge on any atom is -0.477 e. The van der Waals surface area contributed by atoms with Crippen LogP contribution in [0.4, 0.5) is 5.82 Å². The Labute approximate surface area is 127 Å². The van der Waals surface area contributed by atoms with E-state index in [2.05, 4.69) is 14.9 Å². The molecule has 1 fully saturated rings. The van der Waals surface area contributed by atoms with Crippen LogP contribution in [0.25, 0.3) is 0 Å². The lowest BCUT2D eigenvalue weighted by atomic mass is 10.0. The normalized spacial score (nSPS) is 16.1. The molecule has 0 saturated carbocycles. The smallest absolute Gasteiger partial charge is 0.352 e. The zero-order valence-electron chi connectivity index (χ0n) is 11.3. The van der Waals surface area contributed by atoms with Gasteiger partial charge in [0.15, 0.2) is 0 Å². The maximum atomic E-state index is 11.2. The molecule has 1 saturated heterocycles. The highest BCUT2D eigenvalue weighted by atomic mass is 35.5. The summed E-state index contributed by atoms with van der Waals surface area (Å²) in [6.07, 6.45) is 6.77. The van der Waals surface area contributed by atoms with Crippen molar-refractivity contribution in [2.24, 2.45) is 0 Å². The SMILES string of the molecule is O=C(O)c1cccn1C1CCN(c2cncc(Cl)n2)CC1. The molecule has 0 spiro atoms. The fraction of sp³-hybridized carbons (Fsp3) is 0.357. The number of carboxylic acids is 1. The van der Waals surface area contributed by atoms with Gasteiger partial charge in [-0.15, -0.1) is 0 Å². The van der Waals surface area contributed by atoms with Crippen LogP contribution < -0.4 is 4.90 Å². The van der Waals surface area contributed by atoms with E-state index < -0.39 is 5.97 Å². The lowest BCUT2D eigenvalue weighted by molar-refractivity contribution is 0.0681. The van der Waals surface area contributed by atoms with Crippen LogP contribution >= 0.6 is 11.6 Å². The first-order valence-corrected chi connectivity index (χ1v) is 7.15. The van der Waals surface area contributed by atoms with Crippen LogP contribution in [0.3, 0.4) is 0 Å². The third-order valence-electron chi connectivity index (χ3n) is 3.77. The number of rotatable bonds is 3. The Hall–Kier alpha value is -2.08. The quantitative estimate of drug-likeness (QED) is 0.943. The van der Waals surface area contributed by atoms with Crippen LogP contribution in [0.5, 0.6) is 0 Å². The van der Waals surface area contributed by atoms with E-state index in [0.717, 1.165) is 31.7 Å². The third kappa shape index (κ3) is 2.85. The highest BCUT2D eigenvalue weighted by molar-refractivity contribution is 6.29. The molecular formula is C14H15ClN4O2. The van der Waals surface area contributed by atoms with Gasteiger partial charge in [-0.25, -0.2) is 9.78 Å². The second-order valence-corrected chi connectivity index (χ2v) is 5.41. The van der Waals surface area contributed by atoms with Crippen LogP contribution in [0, 0.1) is 0 Å². The number of hydrogen-bond acceptors (Lipinski definition) is 4. The first-order valence-electron chi connectivity index (χ1n) is 6.78. The number of aromatic carboxylic acids is 1. The van der Waals surface area contributed by atoms with Gasteiger partial charge in [0.2, 0.25) is 0 Å². The maximum Gasteiger partial charge on any atom is 0.352 e. The van der Waals surface area contributed by atoms with Crippen molar-refractivity contribution < 1.29 is 9.90 Å². The monoisotopic (exact) mass is 306 g/mol. The molecule has 0 aromatic carbocycles. The van der Waals surface area contributed by atoms with Crippen LogP contribution in [0.2, 0.25) is 5.15 Å². The van der Waals surface area contributed by atoms with Crippen molar-refractivity contribution in [1.29, 1.82) is 0 Å². The number of carboxylic acid groups (broad SMARTS) is 1. The lowest BCUT2D eigenvalue weighted by Crippen LogP contribution is -2.35. The number of nitrogens with zero attached hydrogens (tertiary/aromatic N) is 4. The molecule has 0 bridgehead atoms. The summed E-state index contributed by atoms with van der Waals surface area (Å²) in [7, 11) is 0. The standard InChI is InChI=1S/C14H15ClN4O2/c15-12-8-16-9-13(17-12)18-6-3-10(4-7-18)19-5-1-2-11(19)14(20)21/h1-2,5,8-10H,3-4,6-7H2,(H,20,21). The number of hydrogen-bond donors (Lipinski definition) is 1. The van der Waals surface area contributed by atoms with Crippen LogP contribution in [-0.4, -0.2) is 38.7 Å². The molecule has 1 aliphatic heterocycles. The fourth-order valence-corrected chi connectivity index (χ4v) is 2.89. The molecular weight excluding hydrogens is 292 g/mol. The van der Waals surface area contributed by atoms with Gasteiger partial charge in [-0.2, -0.15) is 0 Å². The first-order chi connectivity index (χ1) is 10.1. The van der Waals surface area contributed by atoms with E-state index in [1.54, 1.807) is 18.3 Å². The molecule has 21 heavy (non-hydrogen) atoms. The Morgan fingerprint density at radius 3 is 2.76 bits per heavy atom. The summed E-state index contributed by atoms with van der Waals surface area (Å²) in [6.45, 7) is 1.61. The number of carbonyl (C=O) groups is 1. The minimum atomic E-state index is -0.886. The van der Waals surface area contributed by atoms with Crippen molar-refractivity contribution in [3.63, 3.8) is 0 Å². The van der Waals surface area contributed by atoms with Gasteiger partial charge in [0, 0.05) is 25.3 Å². The van der Waals surface area contributed by atoms with Crippen LogP contribution in [0.15, 0.2) is 30.7 Å². The second-order valence-electron chi connectivity index (χ2n) is 5.02. The minimum absolute atomic E-state index is 0.203. The molecule has 7 heteroatoms. The van der Waals surface area contributed by atoms with Gasteiger partial charge in [0.05, 0.1) is 12.4 Å². The van der Waals surface area contributed by atoms with Crippen LogP contribution in [0.1, 0.15) is 29.4 Å². The third-order valence-corrected chi connectivity index (χ3v) is 3.95. The molecule has 3 rings (SSSR count). The molecule has 1 N–H and O–H groups in total. The summed E-state index contributed by atoms with van der Waals surface area (Å²) >= 11 is 5.86. The zero-order chi connectivity index (χ0) is 14.8. The van der Waals surface area contributed by atoms with Gasteiger partial charge < -0.3 is 14.6 Å². The van der Waals surface area contributed by atoms with E-state index in [1.807, 2.05) is 10.8 Å². The molecule has 0 aliphatic carbocycles. The van der Waals surface area contributed by atoms with E-state index in [4.69, 9.17) is 11.6 Å². The van der Waals surface area contributed by atoms with Crippen molar-refractivity contribution in [2.75, 3.05) is 18.0 Å². The average Bonchev–Trinajstić information content (AvgIpc) is 2.97. The molecule has 3 heterocycles. The summed E-state index contributed by atoms with van der Waals surface area (Å²) in [5.74, 6) is -0.116.